The number of carboxylic acids is 1. The van der Waals surface area contributed by atoms with E-state index < -0.39 is 5.97 Å². The van der Waals surface area contributed by atoms with Crippen molar-refractivity contribution in [3.8, 4) is 0 Å². The predicted molar refractivity (Wildman–Crippen MR) is 93.1 cm³/mol. The SMILES string of the molecule is CCN(CC(=O)O)C1CC(NC(=O)N(Cc2cccs2)C2CC2)C1. The van der Waals surface area contributed by atoms with Crippen molar-refractivity contribution in [2.24, 2.45) is 0 Å². The number of urea groups is 1. The number of thiophene rings is 1. The number of carbonyl (C=O) groups is 2. The topological polar surface area (TPSA) is 72.9 Å². The number of nitrogens with one attached hydrogen (secondary N) is 1. The highest BCUT2D eigenvalue weighted by molar-refractivity contribution is 7.09. The van der Waals surface area contributed by atoms with Gasteiger partial charge in [-0.25, -0.2) is 4.79 Å². The monoisotopic (exact) mass is 351 g/mol. The van der Waals surface area contributed by atoms with Gasteiger partial charge in [0.1, 0.15) is 0 Å². The maximum absolute atomic E-state index is 12.6. The first-order valence-corrected chi connectivity index (χ1v) is 9.50. The maximum Gasteiger partial charge on any atom is 0.318 e. The van der Waals surface area contributed by atoms with Crippen molar-refractivity contribution in [2.75, 3.05) is 13.1 Å². The van der Waals surface area contributed by atoms with E-state index in [1.54, 1.807) is 11.3 Å². The fourth-order valence-electron chi connectivity index (χ4n) is 3.26. The molecule has 0 bridgehead atoms. The average Bonchev–Trinajstić information content (AvgIpc) is 3.21. The minimum atomic E-state index is -0.791. The third-order valence-electron chi connectivity index (χ3n) is 4.86. The van der Waals surface area contributed by atoms with E-state index in [1.807, 2.05) is 28.2 Å². The lowest BCUT2D eigenvalue weighted by Crippen LogP contribution is -2.57. The summed E-state index contributed by atoms with van der Waals surface area (Å²) in [4.78, 5) is 28.6. The van der Waals surface area contributed by atoms with Gasteiger partial charge in [0.2, 0.25) is 0 Å². The van der Waals surface area contributed by atoms with Crippen molar-refractivity contribution in [3.63, 3.8) is 0 Å². The van der Waals surface area contributed by atoms with Gasteiger partial charge in [-0.3, -0.25) is 9.69 Å². The molecule has 0 aromatic carbocycles. The Morgan fingerprint density at radius 3 is 2.62 bits per heavy atom. The summed E-state index contributed by atoms with van der Waals surface area (Å²) < 4.78 is 0. The summed E-state index contributed by atoms with van der Waals surface area (Å²) >= 11 is 1.68. The molecule has 24 heavy (non-hydrogen) atoms. The Morgan fingerprint density at radius 2 is 2.08 bits per heavy atom. The largest absolute Gasteiger partial charge is 0.480 e. The van der Waals surface area contributed by atoms with Gasteiger partial charge in [0.25, 0.3) is 0 Å². The van der Waals surface area contributed by atoms with Crippen LogP contribution in [0.4, 0.5) is 4.79 Å². The van der Waals surface area contributed by atoms with Crippen LogP contribution in [0.5, 0.6) is 0 Å². The van der Waals surface area contributed by atoms with Crippen LogP contribution in [0.1, 0.15) is 37.5 Å². The molecule has 2 fully saturated rings. The number of aliphatic carboxylic acids is 1. The van der Waals surface area contributed by atoms with Gasteiger partial charge in [-0.05, 0) is 43.7 Å². The molecule has 2 amide bonds. The van der Waals surface area contributed by atoms with Crippen molar-refractivity contribution in [3.05, 3.63) is 22.4 Å². The van der Waals surface area contributed by atoms with Crippen LogP contribution in [-0.2, 0) is 11.3 Å². The number of carboxylic acid groups (broad SMARTS) is 1. The average molecular weight is 351 g/mol. The molecule has 0 unspecified atom stereocenters. The molecular formula is C17H25N3O3S. The molecule has 0 radical (unpaired) electrons. The summed E-state index contributed by atoms with van der Waals surface area (Å²) in [6.45, 7) is 3.47. The second kappa shape index (κ2) is 7.53. The molecule has 132 valence electrons. The van der Waals surface area contributed by atoms with Gasteiger partial charge in [-0.15, -0.1) is 11.3 Å². The third kappa shape index (κ3) is 4.27. The smallest absolute Gasteiger partial charge is 0.318 e. The van der Waals surface area contributed by atoms with Crippen LogP contribution in [0, 0.1) is 0 Å². The Labute approximate surface area is 146 Å². The molecule has 2 aliphatic rings. The lowest BCUT2D eigenvalue weighted by molar-refractivity contribution is -0.139. The lowest BCUT2D eigenvalue weighted by atomic mass is 9.85. The Balaban J connectivity index is 1.47. The van der Waals surface area contributed by atoms with E-state index in [0.29, 0.717) is 12.6 Å². The summed E-state index contributed by atoms with van der Waals surface area (Å²) in [6, 6.07) is 4.91. The zero-order valence-electron chi connectivity index (χ0n) is 14.0. The molecule has 2 saturated carbocycles. The molecule has 0 saturated heterocycles. The quantitative estimate of drug-likeness (QED) is 0.754. The summed E-state index contributed by atoms with van der Waals surface area (Å²) in [5.74, 6) is -0.791. The van der Waals surface area contributed by atoms with Crippen molar-refractivity contribution in [2.45, 2.75) is 57.3 Å². The summed E-state index contributed by atoms with van der Waals surface area (Å²) in [5.41, 5.74) is 0. The molecule has 1 aromatic rings. The van der Waals surface area contributed by atoms with Crippen LogP contribution < -0.4 is 5.32 Å². The van der Waals surface area contributed by atoms with Crippen molar-refractivity contribution >= 4 is 23.3 Å². The highest BCUT2D eigenvalue weighted by Gasteiger charge is 2.38. The molecule has 2 aliphatic carbocycles. The minimum absolute atomic E-state index is 0.0237. The number of hydrogen-bond donors (Lipinski definition) is 2. The number of hydrogen-bond acceptors (Lipinski definition) is 4. The summed E-state index contributed by atoms with van der Waals surface area (Å²) in [5, 5.41) is 14.1. The maximum atomic E-state index is 12.6. The van der Waals surface area contributed by atoms with Crippen LogP contribution in [0.25, 0.3) is 0 Å². The van der Waals surface area contributed by atoms with Gasteiger partial charge < -0.3 is 15.3 Å². The molecule has 1 heterocycles. The van der Waals surface area contributed by atoms with Crippen molar-refractivity contribution in [1.29, 1.82) is 0 Å². The number of amides is 2. The van der Waals surface area contributed by atoms with Crippen molar-refractivity contribution < 1.29 is 14.7 Å². The van der Waals surface area contributed by atoms with Gasteiger partial charge in [-0.2, -0.15) is 0 Å². The van der Waals surface area contributed by atoms with Crippen LogP contribution in [0.15, 0.2) is 17.5 Å². The molecule has 0 atom stereocenters. The fraction of sp³-hybridized carbons (Fsp3) is 0.647. The van der Waals surface area contributed by atoms with Gasteiger partial charge in [0.05, 0.1) is 13.1 Å². The van der Waals surface area contributed by atoms with Crippen LogP contribution in [0.3, 0.4) is 0 Å². The first kappa shape index (κ1) is 17.2. The summed E-state index contributed by atoms with van der Waals surface area (Å²) in [6.07, 6.45) is 3.86. The van der Waals surface area contributed by atoms with Gasteiger partial charge >= 0.3 is 12.0 Å². The second-order valence-corrected chi connectivity index (χ2v) is 7.70. The minimum Gasteiger partial charge on any atom is -0.480 e. The highest BCUT2D eigenvalue weighted by atomic mass is 32.1. The molecular weight excluding hydrogens is 326 g/mol. The van der Waals surface area contributed by atoms with E-state index in [4.69, 9.17) is 5.11 Å². The fourth-order valence-corrected chi connectivity index (χ4v) is 3.96. The molecule has 2 N–H and O–H groups in total. The Morgan fingerprint density at radius 1 is 1.33 bits per heavy atom. The Hall–Kier alpha value is -1.60. The normalized spacial score (nSPS) is 22.9. The Kier molecular flexibility index (Phi) is 5.40. The molecule has 0 spiro atoms. The van der Waals surface area contributed by atoms with E-state index in [2.05, 4.69) is 11.4 Å². The summed E-state index contributed by atoms with van der Waals surface area (Å²) in [7, 11) is 0. The van der Waals surface area contributed by atoms with Crippen LogP contribution in [-0.4, -0.2) is 58.1 Å². The molecule has 1 aromatic heterocycles. The Bertz CT molecular complexity index is 568. The van der Waals surface area contributed by atoms with E-state index in [0.717, 1.165) is 32.2 Å². The van der Waals surface area contributed by atoms with Gasteiger partial charge in [0.15, 0.2) is 0 Å². The van der Waals surface area contributed by atoms with E-state index in [-0.39, 0.29) is 24.7 Å². The highest BCUT2D eigenvalue weighted by Crippen LogP contribution is 2.31. The molecule has 6 nitrogen and oxygen atoms in total. The first-order chi connectivity index (χ1) is 11.6. The number of nitrogens with zero attached hydrogens (tertiary/aromatic N) is 2. The van der Waals surface area contributed by atoms with E-state index in [1.165, 1.54) is 4.88 Å². The second-order valence-electron chi connectivity index (χ2n) is 6.67. The van der Waals surface area contributed by atoms with Crippen LogP contribution >= 0.6 is 11.3 Å². The number of carbonyl (C=O) groups excluding carboxylic acids is 1. The van der Waals surface area contributed by atoms with Crippen LogP contribution in [0.2, 0.25) is 0 Å². The lowest BCUT2D eigenvalue weighted by Gasteiger charge is -2.42. The van der Waals surface area contributed by atoms with E-state index in [9.17, 15) is 9.59 Å². The molecule has 7 heteroatoms. The number of rotatable bonds is 8. The first-order valence-electron chi connectivity index (χ1n) is 8.62. The zero-order valence-corrected chi connectivity index (χ0v) is 14.8. The molecule has 0 aliphatic heterocycles. The predicted octanol–water partition coefficient (Wildman–Crippen LogP) is 2.36. The molecule has 3 rings (SSSR count). The zero-order chi connectivity index (χ0) is 17.1. The number of likely N-dealkylation sites (N-methyl/N-ethyl adjacent to an activating group) is 1. The van der Waals surface area contributed by atoms with E-state index >= 15 is 0 Å². The van der Waals surface area contributed by atoms with Gasteiger partial charge in [0, 0.05) is 23.0 Å². The third-order valence-corrected chi connectivity index (χ3v) is 5.72. The standard InChI is InChI=1S/C17H25N3O3S/c1-2-19(11-16(21)22)14-8-12(9-14)18-17(23)20(13-5-6-13)10-15-4-3-7-24-15/h3-4,7,12-14H,2,5-6,8-11H2,1H3,(H,18,23)(H,21,22). The van der Waals surface area contributed by atoms with Crippen molar-refractivity contribution in [1.82, 2.24) is 15.1 Å². The van der Waals surface area contributed by atoms with Gasteiger partial charge in [-0.1, -0.05) is 13.0 Å².